The highest BCUT2D eigenvalue weighted by atomic mass is 16.8. The Morgan fingerprint density at radius 1 is 0.676 bits per heavy atom. The molecule has 74 heavy (non-hydrogen) atoms. The predicted octanol–water partition coefficient (Wildman–Crippen LogP) is -2.20. The summed E-state index contributed by atoms with van der Waals surface area (Å²) in [5.41, 5.74) is 0.494. The first-order valence-electron chi connectivity index (χ1n) is 26.6. The van der Waals surface area contributed by atoms with Crippen molar-refractivity contribution in [3.8, 4) is 0 Å². The van der Waals surface area contributed by atoms with Crippen LogP contribution in [0.25, 0.3) is 0 Å². The predicted molar refractivity (Wildman–Crippen MR) is 250 cm³/mol. The van der Waals surface area contributed by atoms with E-state index in [0.29, 0.717) is 38.5 Å². The first kappa shape index (κ1) is 58.2. The number of aliphatic hydroxyl groups is 12. The van der Waals surface area contributed by atoms with Crippen molar-refractivity contribution in [3.63, 3.8) is 0 Å². The van der Waals surface area contributed by atoms with Crippen LogP contribution in [0.3, 0.4) is 0 Å². The monoisotopic (exact) mass is 1060 g/mol. The van der Waals surface area contributed by atoms with Crippen molar-refractivity contribution in [2.24, 2.45) is 40.4 Å². The summed E-state index contributed by atoms with van der Waals surface area (Å²) >= 11 is 0. The number of hydrogen-bond donors (Lipinski definition) is 12. The van der Waals surface area contributed by atoms with Gasteiger partial charge in [0.15, 0.2) is 25.2 Å². The molecule has 0 unspecified atom stereocenters. The fraction of sp³-hybridized carbons (Fsp3) is 0.922. The molecule has 0 amide bonds. The Kier molecular flexibility index (Phi) is 18.4. The first-order chi connectivity index (χ1) is 34.9. The molecule has 0 radical (unpaired) electrons. The van der Waals surface area contributed by atoms with Gasteiger partial charge in [-0.05, 0) is 107 Å². The Hall–Kier alpha value is -1.92. The molecular weight excluding hydrogens is 981 g/mol. The van der Waals surface area contributed by atoms with E-state index in [1.165, 1.54) is 19.4 Å². The maximum absolute atomic E-state index is 13.5. The van der Waals surface area contributed by atoms with Crippen molar-refractivity contribution in [1.29, 1.82) is 0 Å². The van der Waals surface area contributed by atoms with Gasteiger partial charge < -0.3 is 104 Å². The molecule has 8 aliphatic rings. The van der Waals surface area contributed by atoms with E-state index >= 15 is 0 Å². The molecule has 0 aromatic rings. The quantitative estimate of drug-likeness (QED) is 0.0576. The van der Waals surface area contributed by atoms with Gasteiger partial charge in [-0.2, -0.15) is 0 Å². The number of rotatable bonds is 16. The molecule has 3 saturated carbocycles. The zero-order valence-corrected chi connectivity index (χ0v) is 43.0. The summed E-state index contributed by atoms with van der Waals surface area (Å²) in [6.45, 7) is 9.50. The van der Waals surface area contributed by atoms with Gasteiger partial charge in [0.1, 0.15) is 97.3 Å². The van der Waals surface area contributed by atoms with Gasteiger partial charge >= 0.3 is 5.97 Å². The minimum absolute atomic E-state index is 0.0273. The molecule has 12 N–H and O–H groups in total. The molecule has 0 bridgehead atoms. The third-order valence-corrected chi connectivity index (χ3v) is 18.3. The lowest BCUT2D eigenvalue weighted by Crippen LogP contribution is -2.67. The van der Waals surface area contributed by atoms with Crippen molar-refractivity contribution in [2.45, 2.75) is 234 Å². The molecule has 4 aliphatic heterocycles. The highest BCUT2D eigenvalue weighted by molar-refractivity contribution is 5.81. The number of hydrogen-bond acceptors (Lipinski definition) is 23. The first-order valence-corrected chi connectivity index (χ1v) is 26.6. The average molecular weight is 1060 g/mol. The van der Waals surface area contributed by atoms with Crippen LogP contribution in [-0.2, 0) is 52.2 Å². The van der Waals surface area contributed by atoms with Crippen LogP contribution in [-0.4, -0.2) is 228 Å². The van der Waals surface area contributed by atoms with E-state index in [4.69, 9.17) is 42.6 Å². The zero-order chi connectivity index (χ0) is 53.9. The van der Waals surface area contributed by atoms with Crippen molar-refractivity contribution in [1.82, 2.24) is 0 Å². The maximum atomic E-state index is 13.5. The zero-order valence-electron chi connectivity index (χ0n) is 43.0. The van der Waals surface area contributed by atoms with Gasteiger partial charge in [-0.3, -0.25) is 9.59 Å². The molecule has 8 rings (SSSR count). The number of carbonyl (C=O) groups excluding carboxylic acids is 2. The minimum atomic E-state index is -1.79. The third kappa shape index (κ3) is 11.2. The summed E-state index contributed by atoms with van der Waals surface area (Å²) in [5.74, 6) is -0.669. The molecule has 0 aromatic carbocycles. The van der Waals surface area contributed by atoms with E-state index in [0.717, 1.165) is 12.8 Å². The number of aliphatic hydroxyl groups excluding tert-OH is 12. The van der Waals surface area contributed by atoms with Crippen molar-refractivity contribution < 1.29 is 113 Å². The van der Waals surface area contributed by atoms with Crippen molar-refractivity contribution in [3.05, 3.63) is 11.6 Å². The van der Waals surface area contributed by atoms with Crippen LogP contribution in [0.2, 0.25) is 0 Å². The number of allylic oxidation sites excluding steroid dienone is 1. The van der Waals surface area contributed by atoms with Crippen LogP contribution in [0.1, 0.15) is 99.3 Å². The summed E-state index contributed by atoms with van der Waals surface area (Å²) in [4.78, 5) is 27.0. The van der Waals surface area contributed by atoms with Gasteiger partial charge in [0.25, 0.3) is 0 Å². The Morgan fingerprint density at radius 3 is 1.85 bits per heavy atom. The summed E-state index contributed by atoms with van der Waals surface area (Å²) in [5, 5.41) is 126. The van der Waals surface area contributed by atoms with Gasteiger partial charge in [0.05, 0.1) is 44.1 Å². The van der Waals surface area contributed by atoms with Crippen molar-refractivity contribution >= 4 is 11.8 Å². The number of ketones is 1. The second kappa shape index (κ2) is 23.4. The summed E-state index contributed by atoms with van der Waals surface area (Å²) in [7, 11) is 0. The number of ether oxygens (including phenoxy) is 9. The van der Waals surface area contributed by atoms with Crippen LogP contribution in [0.4, 0.5) is 0 Å². The standard InChI is InChI=1S/C51H82O23/c1-20(19-66-46-41(63)40(62)36(58)30(17-52)71-46)7-10-32(55)70-29-16-28-26-9-8-24-15-25(11-13-50(24,5)27(26)12-14-51(28,6)33(29)21(2)54)69-49-45(74-48-43(65)39(61)35(57)23(4)68-48)44(37(59)31(18-53)72-49)73-47-42(64)38(60)34(56)22(3)67-47/h8,20,22-23,25-31,33-49,52-53,56-65H,7,9-19H2,1-6H3/t20-,22-,23-,25-,26+,27-,28-,29-,30+,31+,33-,34-,35-,36+,37+,38+,39+,40-,41+,42+,43+,44-,45+,46+,47-,48-,49-,50-,51-/m0/s1. The van der Waals surface area contributed by atoms with E-state index in [1.54, 1.807) is 6.92 Å². The van der Waals surface area contributed by atoms with Gasteiger partial charge in [-0.15, -0.1) is 0 Å². The van der Waals surface area contributed by atoms with E-state index in [-0.39, 0.29) is 47.9 Å². The fourth-order valence-electron chi connectivity index (χ4n) is 13.9. The molecule has 23 nitrogen and oxygen atoms in total. The van der Waals surface area contributed by atoms with Gasteiger partial charge in [0.2, 0.25) is 0 Å². The van der Waals surface area contributed by atoms with Crippen LogP contribution < -0.4 is 0 Å². The fourth-order valence-corrected chi connectivity index (χ4v) is 13.9. The van der Waals surface area contributed by atoms with Crippen LogP contribution in [0.15, 0.2) is 11.6 Å². The van der Waals surface area contributed by atoms with E-state index in [9.17, 15) is 70.9 Å². The molecule has 4 aliphatic carbocycles. The maximum Gasteiger partial charge on any atom is 0.306 e. The number of fused-ring (bicyclic) bond motifs is 5. The third-order valence-electron chi connectivity index (χ3n) is 18.3. The largest absolute Gasteiger partial charge is 0.462 e. The van der Waals surface area contributed by atoms with Crippen molar-refractivity contribution in [2.75, 3.05) is 19.8 Å². The Labute approximate surface area is 430 Å². The van der Waals surface area contributed by atoms with E-state index in [2.05, 4.69) is 19.9 Å². The highest BCUT2D eigenvalue weighted by Crippen LogP contribution is 2.67. The lowest BCUT2D eigenvalue weighted by molar-refractivity contribution is -0.393. The lowest BCUT2D eigenvalue weighted by atomic mass is 9.47. The van der Waals surface area contributed by atoms with E-state index < -0.39 is 166 Å². The number of esters is 1. The highest BCUT2D eigenvalue weighted by Gasteiger charge is 2.64. The van der Waals surface area contributed by atoms with E-state index in [1.807, 2.05) is 6.92 Å². The molecule has 424 valence electrons. The molecule has 7 fully saturated rings. The van der Waals surface area contributed by atoms with Gasteiger partial charge in [0, 0.05) is 6.42 Å². The smallest absolute Gasteiger partial charge is 0.306 e. The summed E-state index contributed by atoms with van der Waals surface area (Å²) in [6, 6.07) is 0. The molecule has 0 spiro atoms. The topological polar surface area (TPSA) is 360 Å². The second-order valence-corrected chi connectivity index (χ2v) is 23.1. The number of carbonyl (C=O) groups is 2. The minimum Gasteiger partial charge on any atom is -0.462 e. The Balaban J connectivity index is 0.938. The van der Waals surface area contributed by atoms with Crippen LogP contribution in [0.5, 0.6) is 0 Å². The lowest BCUT2D eigenvalue weighted by Gasteiger charge is -2.58. The van der Waals surface area contributed by atoms with Crippen LogP contribution in [0, 0.1) is 40.4 Å². The second-order valence-electron chi connectivity index (χ2n) is 23.1. The molecule has 23 heteroatoms. The molecule has 29 atom stereocenters. The summed E-state index contributed by atoms with van der Waals surface area (Å²) < 4.78 is 54.1. The summed E-state index contributed by atoms with van der Waals surface area (Å²) in [6.07, 6.45) is -23.6. The molecule has 0 aromatic heterocycles. The molecule has 4 heterocycles. The van der Waals surface area contributed by atoms with Crippen LogP contribution >= 0.6 is 0 Å². The average Bonchev–Trinajstić information content (AvgIpc) is 3.67. The molecule has 4 saturated heterocycles. The Bertz CT molecular complexity index is 1940. The van der Waals surface area contributed by atoms with Gasteiger partial charge in [-0.1, -0.05) is 32.4 Å². The number of Topliss-reactive ketones (excluding diaryl/α,β-unsaturated/α-hetero) is 1. The normalized spacial score (nSPS) is 51.0. The SMILES string of the molecule is CC(=O)[C@H]1[C@@H](OC(=O)CC[C@H](C)CO[C@@H]2O[C@H](CO)[C@@H](O)[C@H](O)[C@H]2O)C[C@H]2[C@@H]3CC=C4C[C@@H](O[C@H]5O[C@H](CO)[C@@H](O)[C@H](O[C@@H]6O[C@@H](C)[C@H](O)[C@@H](O)[C@H]6O)[C@H]5O[C@@H]5O[C@@H](C)[C@H](O)[C@@H](O)[C@H]5O)CC[C@]4(C)[C@H]3CC[C@@]21C. The Morgan fingerprint density at radius 2 is 1.24 bits per heavy atom. The van der Waals surface area contributed by atoms with Gasteiger partial charge in [-0.25, -0.2) is 0 Å². The molecular formula is C51H82O23.